The van der Waals surface area contributed by atoms with Crippen LogP contribution in [0.2, 0.25) is 0 Å². The second-order valence-electron chi connectivity index (χ2n) is 5.35. The van der Waals surface area contributed by atoms with Crippen molar-refractivity contribution < 1.29 is 0 Å². The molecule has 0 amide bonds. The number of nitrogens with one attached hydrogen (secondary N) is 2. The zero-order valence-corrected chi connectivity index (χ0v) is 9.48. The largest absolute Gasteiger partial charge is 0.300 e. The van der Waals surface area contributed by atoms with Gasteiger partial charge in [-0.15, -0.1) is 0 Å². The summed E-state index contributed by atoms with van der Waals surface area (Å²) in [5.74, 6) is 0. The van der Waals surface area contributed by atoms with Gasteiger partial charge in [0.2, 0.25) is 0 Å². The summed E-state index contributed by atoms with van der Waals surface area (Å²) in [6.07, 6.45) is 3.85. The number of hydrogen-bond acceptors (Lipinski definition) is 2. The second-order valence-corrected chi connectivity index (χ2v) is 5.35. The van der Waals surface area contributed by atoms with Gasteiger partial charge in [-0.2, -0.15) is 0 Å². The van der Waals surface area contributed by atoms with Gasteiger partial charge >= 0.3 is 0 Å². The lowest BCUT2D eigenvalue weighted by Crippen LogP contribution is -2.36. The first kappa shape index (κ1) is 11.0. The van der Waals surface area contributed by atoms with Gasteiger partial charge in [-0.3, -0.25) is 0 Å². The van der Waals surface area contributed by atoms with Gasteiger partial charge in [0.15, 0.2) is 0 Å². The Hall–Kier alpha value is -0.0800. The summed E-state index contributed by atoms with van der Waals surface area (Å²) in [4.78, 5) is 0. The first-order valence-corrected chi connectivity index (χ1v) is 5.49. The Labute approximate surface area is 82.5 Å². The molecule has 0 radical (unpaired) electrons. The highest BCUT2D eigenvalue weighted by Crippen LogP contribution is 2.24. The monoisotopic (exact) mass is 184 g/mol. The van der Waals surface area contributed by atoms with E-state index < -0.39 is 0 Å². The Morgan fingerprint density at radius 1 is 1.15 bits per heavy atom. The van der Waals surface area contributed by atoms with Gasteiger partial charge in [0.25, 0.3) is 0 Å². The molecule has 2 unspecified atom stereocenters. The Kier molecular flexibility index (Phi) is 3.74. The van der Waals surface area contributed by atoms with Gasteiger partial charge in [0, 0.05) is 18.8 Å². The van der Waals surface area contributed by atoms with Crippen LogP contribution >= 0.6 is 0 Å². The van der Waals surface area contributed by atoms with E-state index in [9.17, 15) is 0 Å². The van der Waals surface area contributed by atoms with Crippen LogP contribution < -0.4 is 10.6 Å². The molecule has 2 atom stereocenters. The van der Waals surface area contributed by atoms with E-state index in [0.717, 1.165) is 6.67 Å². The lowest BCUT2D eigenvalue weighted by molar-refractivity contribution is 0.302. The highest BCUT2D eigenvalue weighted by Gasteiger charge is 2.28. The molecule has 0 spiro atoms. The van der Waals surface area contributed by atoms with Crippen molar-refractivity contribution in [2.45, 2.75) is 59.0 Å². The van der Waals surface area contributed by atoms with Crippen LogP contribution in [0.25, 0.3) is 0 Å². The fourth-order valence-electron chi connectivity index (χ4n) is 2.09. The molecule has 2 heteroatoms. The summed E-state index contributed by atoms with van der Waals surface area (Å²) < 4.78 is 0. The Morgan fingerprint density at radius 3 is 2.31 bits per heavy atom. The van der Waals surface area contributed by atoms with Gasteiger partial charge in [0.1, 0.15) is 0 Å². The zero-order valence-electron chi connectivity index (χ0n) is 9.48. The van der Waals surface area contributed by atoms with Crippen LogP contribution in [0, 0.1) is 5.41 Å². The molecule has 0 aromatic heterocycles. The van der Waals surface area contributed by atoms with E-state index in [1.54, 1.807) is 0 Å². The van der Waals surface area contributed by atoms with Crippen LogP contribution in [0.3, 0.4) is 0 Å². The molecule has 13 heavy (non-hydrogen) atoms. The van der Waals surface area contributed by atoms with E-state index in [-0.39, 0.29) is 0 Å². The molecular weight excluding hydrogens is 160 g/mol. The van der Waals surface area contributed by atoms with Crippen LogP contribution in [-0.2, 0) is 0 Å². The van der Waals surface area contributed by atoms with E-state index in [0.29, 0.717) is 17.5 Å². The van der Waals surface area contributed by atoms with Crippen molar-refractivity contribution in [1.29, 1.82) is 0 Å². The van der Waals surface area contributed by atoms with E-state index in [1.165, 1.54) is 19.3 Å². The molecule has 1 heterocycles. The average molecular weight is 184 g/mol. The van der Waals surface area contributed by atoms with Crippen molar-refractivity contribution in [1.82, 2.24) is 10.6 Å². The molecule has 78 valence electrons. The molecule has 2 N–H and O–H groups in total. The highest BCUT2D eigenvalue weighted by atomic mass is 15.2. The minimum atomic E-state index is 0.440. The minimum absolute atomic E-state index is 0.440. The molecule has 0 aromatic rings. The quantitative estimate of drug-likeness (QED) is 0.702. The van der Waals surface area contributed by atoms with E-state index in [2.05, 4.69) is 38.3 Å². The molecule has 1 saturated heterocycles. The SMILES string of the molecule is CCCC1NCNC1CC(C)(C)C. The molecule has 0 saturated carbocycles. The van der Waals surface area contributed by atoms with E-state index in [1.807, 2.05) is 0 Å². The van der Waals surface area contributed by atoms with Gasteiger partial charge in [-0.05, 0) is 18.3 Å². The molecule has 1 aliphatic heterocycles. The van der Waals surface area contributed by atoms with Gasteiger partial charge in [-0.25, -0.2) is 0 Å². The molecule has 1 rings (SSSR count). The average Bonchev–Trinajstić information content (AvgIpc) is 2.34. The normalized spacial score (nSPS) is 29.5. The minimum Gasteiger partial charge on any atom is -0.300 e. The van der Waals surface area contributed by atoms with Crippen LogP contribution in [0.4, 0.5) is 0 Å². The molecule has 0 bridgehead atoms. The first-order chi connectivity index (χ1) is 6.03. The third kappa shape index (κ3) is 3.65. The molecule has 1 aliphatic rings. The fraction of sp³-hybridized carbons (Fsp3) is 1.00. The number of hydrogen-bond donors (Lipinski definition) is 2. The van der Waals surface area contributed by atoms with Crippen molar-refractivity contribution in [3.05, 3.63) is 0 Å². The lowest BCUT2D eigenvalue weighted by atomic mass is 9.85. The summed E-state index contributed by atoms with van der Waals surface area (Å²) in [5, 5.41) is 7.06. The van der Waals surface area contributed by atoms with Crippen LogP contribution in [-0.4, -0.2) is 18.8 Å². The van der Waals surface area contributed by atoms with Crippen LogP contribution in [0.15, 0.2) is 0 Å². The Morgan fingerprint density at radius 2 is 1.77 bits per heavy atom. The highest BCUT2D eigenvalue weighted by molar-refractivity contribution is 4.89. The van der Waals surface area contributed by atoms with Crippen molar-refractivity contribution in [2.24, 2.45) is 5.41 Å². The topological polar surface area (TPSA) is 24.1 Å². The van der Waals surface area contributed by atoms with Gasteiger partial charge < -0.3 is 10.6 Å². The van der Waals surface area contributed by atoms with Crippen molar-refractivity contribution in [3.8, 4) is 0 Å². The molecule has 0 aliphatic carbocycles. The maximum Gasteiger partial charge on any atom is 0.0459 e. The Bertz CT molecular complexity index is 149. The third-order valence-corrected chi connectivity index (χ3v) is 2.65. The maximum atomic E-state index is 3.54. The summed E-state index contributed by atoms with van der Waals surface area (Å²) in [7, 11) is 0. The molecular formula is C11H24N2. The van der Waals surface area contributed by atoms with E-state index in [4.69, 9.17) is 0 Å². The van der Waals surface area contributed by atoms with Crippen LogP contribution in [0.1, 0.15) is 47.0 Å². The maximum absolute atomic E-state index is 3.54. The Balaban J connectivity index is 2.39. The van der Waals surface area contributed by atoms with Gasteiger partial charge in [0.05, 0.1) is 0 Å². The lowest BCUT2D eigenvalue weighted by Gasteiger charge is -2.26. The predicted octanol–water partition coefficient (Wildman–Crippen LogP) is 2.11. The molecule has 0 aromatic carbocycles. The standard InChI is InChI=1S/C11H24N2/c1-5-6-9-10(13-8-12-9)7-11(2,3)4/h9-10,12-13H,5-8H2,1-4H3. The van der Waals surface area contributed by atoms with Crippen molar-refractivity contribution in [3.63, 3.8) is 0 Å². The van der Waals surface area contributed by atoms with Crippen LogP contribution in [0.5, 0.6) is 0 Å². The predicted molar refractivity (Wildman–Crippen MR) is 57.7 cm³/mol. The first-order valence-electron chi connectivity index (χ1n) is 5.49. The molecule has 1 fully saturated rings. The van der Waals surface area contributed by atoms with Gasteiger partial charge in [-0.1, -0.05) is 34.1 Å². The number of rotatable bonds is 3. The fourth-order valence-corrected chi connectivity index (χ4v) is 2.09. The summed E-state index contributed by atoms with van der Waals surface area (Å²) in [6, 6.07) is 1.38. The van der Waals surface area contributed by atoms with E-state index >= 15 is 0 Å². The summed E-state index contributed by atoms with van der Waals surface area (Å²) >= 11 is 0. The summed E-state index contributed by atoms with van der Waals surface area (Å²) in [6.45, 7) is 10.2. The third-order valence-electron chi connectivity index (χ3n) is 2.65. The zero-order chi connectivity index (χ0) is 9.90. The molecule has 2 nitrogen and oxygen atoms in total. The van der Waals surface area contributed by atoms with Crippen molar-refractivity contribution in [2.75, 3.05) is 6.67 Å². The summed E-state index contributed by atoms with van der Waals surface area (Å²) in [5.41, 5.74) is 0.440. The van der Waals surface area contributed by atoms with Crippen molar-refractivity contribution >= 4 is 0 Å². The smallest absolute Gasteiger partial charge is 0.0459 e. The second kappa shape index (κ2) is 4.43.